The summed E-state index contributed by atoms with van der Waals surface area (Å²) in [5, 5.41) is 13.1. The predicted molar refractivity (Wildman–Crippen MR) is 93.8 cm³/mol. The van der Waals surface area contributed by atoms with E-state index in [0.717, 1.165) is 20.9 Å². The molecule has 0 saturated carbocycles. The van der Waals surface area contributed by atoms with Crippen LogP contribution in [0, 0.1) is 6.92 Å². The molecule has 2 N–H and O–H groups in total. The number of aliphatic hydroxyl groups is 1. The molecule has 4 nitrogen and oxygen atoms in total. The molecule has 24 heavy (non-hydrogen) atoms. The number of aliphatic hydroxyl groups excluding tert-OH is 1. The Bertz CT molecular complexity index is 808. The standard InChI is InChI=1S/C19H19NO3S/c1-13-4-2-5-14(10-13)11-18(21)20-12-15-7-8-17(24-15)19(22)16-6-3-9-23-16/h2-10,19,22H,11-12H2,1H3,(H,20,21). The smallest absolute Gasteiger partial charge is 0.224 e. The second kappa shape index (κ2) is 7.47. The van der Waals surface area contributed by atoms with Gasteiger partial charge in [0.05, 0.1) is 19.2 Å². The molecule has 0 spiro atoms. The fourth-order valence-corrected chi connectivity index (χ4v) is 3.43. The highest BCUT2D eigenvalue weighted by atomic mass is 32.1. The lowest BCUT2D eigenvalue weighted by Crippen LogP contribution is -2.24. The van der Waals surface area contributed by atoms with Crippen molar-refractivity contribution in [3.63, 3.8) is 0 Å². The molecule has 0 aliphatic rings. The van der Waals surface area contributed by atoms with Gasteiger partial charge in [0.1, 0.15) is 11.9 Å². The van der Waals surface area contributed by atoms with Crippen LogP contribution in [0.3, 0.4) is 0 Å². The maximum absolute atomic E-state index is 12.1. The number of benzene rings is 1. The molecule has 1 unspecified atom stereocenters. The average Bonchev–Trinajstić information content (AvgIpc) is 3.24. The number of furan rings is 1. The van der Waals surface area contributed by atoms with Crippen molar-refractivity contribution in [3.05, 3.63) is 81.4 Å². The molecule has 1 amide bonds. The maximum Gasteiger partial charge on any atom is 0.224 e. The van der Waals surface area contributed by atoms with Crippen molar-refractivity contribution >= 4 is 17.2 Å². The first-order valence-electron chi connectivity index (χ1n) is 7.74. The Morgan fingerprint density at radius 2 is 2.12 bits per heavy atom. The van der Waals surface area contributed by atoms with Crippen molar-refractivity contribution in [3.8, 4) is 0 Å². The Kier molecular flexibility index (Phi) is 5.13. The third-order valence-corrected chi connectivity index (χ3v) is 4.81. The van der Waals surface area contributed by atoms with E-state index in [-0.39, 0.29) is 5.91 Å². The summed E-state index contributed by atoms with van der Waals surface area (Å²) < 4.78 is 5.22. The minimum Gasteiger partial charge on any atom is -0.466 e. The van der Waals surface area contributed by atoms with E-state index in [1.54, 1.807) is 18.4 Å². The number of carbonyl (C=O) groups excluding carboxylic acids is 1. The van der Waals surface area contributed by atoms with E-state index >= 15 is 0 Å². The van der Waals surface area contributed by atoms with Gasteiger partial charge in [-0.25, -0.2) is 0 Å². The molecule has 0 saturated heterocycles. The zero-order valence-corrected chi connectivity index (χ0v) is 14.2. The van der Waals surface area contributed by atoms with Crippen LogP contribution in [0.1, 0.15) is 32.7 Å². The lowest BCUT2D eigenvalue weighted by atomic mass is 10.1. The number of hydrogen-bond acceptors (Lipinski definition) is 4. The summed E-state index contributed by atoms with van der Waals surface area (Å²) in [7, 11) is 0. The molecule has 0 bridgehead atoms. The van der Waals surface area contributed by atoms with Gasteiger partial charge in [-0.1, -0.05) is 29.8 Å². The van der Waals surface area contributed by atoms with Gasteiger partial charge in [0, 0.05) is 9.75 Å². The van der Waals surface area contributed by atoms with Gasteiger partial charge in [0.25, 0.3) is 0 Å². The van der Waals surface area contributed by atoms with Crippen LogP contribution in [0.5, 0.6) is 0 Å². The molecule has 0 fully saturated rings. The van der Waals surface area contributed by atoms with Gasteiger partial charge >= 0.3 is 0 Å². The van der Waals surface area contributed by atoms with Crippen LogP contribution < -0.4 is 5.32 Å². The zero-order valence-electron chi connectivity index (χ0n) is 13.4. The molecule has 124 valence electrons. The second-order valence-electron chi connectivity index (χ2n) is 5.66. The quantitative estimate of drug-likeness (QED) is 0.720. The van der Waals surface area contributed by atoms with E-state index in [4.69, 9.17) is 4.42 Å². The minimum absolute atomic E-state index is 0.0119. The normalized spacial score (nSPS) is 12.1. The highest BCUT2D eigenvalue weighted by Crippen LogP contribution is 2.28. The first-order valence-corrected chi connectivity index (χ1v) is 8.56. The Balaban J connectivity index is 1.54. The molecule has 0 aliphatic carbocycles. The van der Waals surface area contributed by atoms with E-state index in [1.165, 1.54) is 11.3 Å². The van der Waals surface area contributed by atoms with Gasteiger partial charge < -0.3 is 14.8 Å². The van der Waals surface area contributed by atoms with Crippen molar-refractivity contribution in [2.24, 2.45) is 0 Å². The van der Waals surface area contributed by atoms with Crippen LogP contribution >= 0.6 is 11.3 Å². The lowest BCUT2D eigenvalue weighted by molar-refractivity contribution is -0.120. The van der Waals surface area contributed by atoms with E-state index < -0.39 is 6.10 Å². The molecule has 2 aromatic heterocycles. The summed E-state index contributed by atoms with van der Waals surface area (Å²) in [6, 6.07) is 15.2. The molecule has 3 rings (SSSR count). The minimum atomic E-state index is -0.762. The number of hydrogen-bond donors (Lipinski definition) is 2. The van der Waals surface area contributed by atoms with Crippen molar-refractivity contribution in [2.75, 3.05) is 0 Å². The summed E-state index contributed by atoms with van der Waals surface area (Å²) in [4.78, 5) is 13.8. The first-order chi connectivity index (χ1) is 11.6. The highest BCUT2D eigenvalue weighted by Gasteiger charge is 2.15. The largest absolute Gasteiger partial charge is 0.466 e. The van der Waals surface area contributed by atoms with E-state index in [2.05, 4.69) is 5.32 Å². The maximum atomic E-state index is 12.1. The van der Waals surface area contributed by atoms with Crippen LogP contribution in [0.25, 0.3) is 0 Å². The number of nitrogens with one attached hydrogen (secondary N) is 1. The van der Waals surface area contributed by atoms with Gasteiger partial charge in [0.15, 0.2) is 0 Å². The van der Waals surface area contributed by atoms with Gasteiger partial charge in [-0.3, -0.25) is 4.79 Å². The van der Waals surface area contributed by atoms with E-state index in [9.17, 15) is 9.90 Å². The summed E-state index contributed by atoms with van der Waals surface area (Å²) in [6.45, 7) is 2.47. The molecule has 3 aromatic rings. The molecule has 2 heterocycles. The van der Waals surface area contributed by atoms with Crippen LogP contribution in [0.15, 0.2) is 59.2 Å². The van der Waals surface area contributed by atoms with Crippen LogP contribution in [0.4, 0.5) is 0 Å². The SMILES string of the molecule is Cc1cccc(CC(=O)NCc2ccc(C(O)c3ccco3)s2)c1. The molecule has 5 heteroatoms. The van der Waals surface area contributed by atoms with Crippen LogP contribution in [-0.2, 0) is 17.8 Å². The number of thiophene rings is 1. The summed E-state index contributed by atoms with van der Waals surface area (Å²) in [5.74, 6) is 0.508. The predicted octanol–water partition coefficient (Wildman–Crippen LogP) is 3.59. The summed E-state index contributed by atoms with van der Waals surface area (Å²) >= 11 is 1.47. The highest BCUT2D eigenvalue weighted by molar-refractivity contribution is 7.12. The summed E-state index contributed by atoms with van der Waals surface area (Å²) in [6.07, 6.45) is 1.15. The number of aryl methyl sites for hydroxylation is 1. The molecule has 0 aliphatic heterocycles. The number of carbonyl (C=O) groups is 1. The third-order valence-electron chi connectivity index (χ3n) is 3.67. The van der Waals surface area contributed by atoms with Crippen molar-refractivity contribution < 1.29 is 14.3 Å². The van der Waals surface area contributed by atoms with Crippen LogP contribution in [0.2, 0.25) is 0 Å². The topological polar surface area (TPSA) is 62.5 Å². The lowest BCUT2D eigenvalue weighted by Gasteiger charge is -2.05. The van der Waals surface area contributed by atoms with Gasteiger partial charge in [-0.05, 0) is 36.8 Å². The van der Waals surface area contributed by atoms with Crippen LogP contribution in [-0.4, -0.2) is 11.0 Å². The van der Waals surface area contributed by atoms with Gasteiger partial charge in [0.2, 0.25) is 5.91 Å². The zero-order chi connectivity index (χ0) is 16.9. The van der Waals surface area contributed by atoms with Crippen molar-refractivity contribution in [1.82, 2.24) is 5.32 Å². The molecular formula is C19H19NO3S. The monoisotopic (exact) mass is 341 g/mol. The molecule has 0 radical (unpaired) electrons. The average molecular weight is 341 g/mol. The van der Waals surface area contributed by atoms with E-state index in [0.29, 0.717) is 18.7 Å². The fraction of sp³-hybridized carbons (Fsp3) is 0.211. The first kappa shape index (κ1) is 16.5. The Hall–Kier alpha value is -2.37. The van der Waals surface area contributed by atoms with Crippen molar-refractivity contribution in [2.45, 2.75) is 26.0 Å². The van der Waals surface area contributed by atoms with Gasteiger partial charge in [-0.15, -0.1) is 11.3 Å². The molecular weight excluding hydrogens is 322 g/mol. The fourth-order valence-electron chi connectivity index (χ4n) is 2.48. The second-order valence-corrected chi connectivity index (χ2v) is 6.86. The molecule has 1 aromatic carbocycles. The van der Waals surface area contributed by atoms with Gasteiger partial charge in [-0.2, -0.15) is 0 Å². The van der Waals surface area contributed by atoms with E-state index in [1.807, 2.05) is 43.3 Å². The Morgan fingerprint density at radius 1 is 1.25 bits per heavy atom. The third kappa shape index (κ3) is 4.13. The van der Waals surface area contributed by atoms with Crippen molar-refractivity contribution in [1.29, 1.82) is 0 Å². The Labute approximate surface area is 144 Å². The number of rotatable bonds is 6. The molecule has 1 atom stereocenters. The Morgan fingerprint density at radius 3 is 2.88 bits per heavy atom. The number of amides is 1. The summed E-state index contributed by atoms with van der Waals surface area (Å²) in [5.41, 5.74) is 2.16.